The fourth-order valence-corrected chi connectivity index (χ4v) is 2.01. The van der Waals surface area contributed by atoms with Gasteiger partial charge in [0, 0.05) is 20.0 Å². The standard InChI is InChI=1S/C13H15ClFN5O2/c1-7-5-10(8(14)6-9(7)15)17-12(21)16-4-3-11-18-19-13(22)20(11)2/h5-6H,3-4H2,1-2H3,(H,19,22)(H2,16,17,21). The Morgan fingerprint density at radius 2 is 2.23 bits per heavy atom. The first-order valence-electron chi connectivity index (χ1n) is 6.49. The normalized spacial score (nSPS) is 10.5. The summed E-state index contributed by atoms with van der Waals surface area (Å²) >= 11 is 5.86. The molecule has 0 saturated heterocycles. The fraction of sp³-hybridized carbons (Fsp3) is 0.308. The van der Waals surface area contributed by atoms with Gasteiger partial charge in [-0.3, -0.25) is 4.57 Å². The summed E-state index contributed by atoms with van der Waals surface area (Å²) in [5.74, 6) is 0.0939. The lowest BCUT2D eigenvalue weighted by Crippen LogP contribution is -2.31. The first-order chi connectivity index (χ1) is 10.4. The summed E-state index contributed by atoms with van der Waals surface area (Å²) in [4.78, 5) is 22.9. The van der Waals surface area contributed by atoms with Crippen LogP contribution in [0.4, 0.5) is 14.9 Å². The van der Waals surface area contributed by atoms with E-state index in [1.165, 1.54) is 10.6 Å². The maximum atomic E-state index is 13.3. The molecule has 0 atom stereocenters. The number of carbonyl (C=O) groups is 1. The van der Waals surface area contributed by atoms with Crippen molar-refractivity contribution in [1.82, 2.24) is 20.1 Å². The Morgan fingerprint density at radius 3 is 2.86 bits per heavy atom. The molecule has 2 rings (SSSR count). The van der Waals surface area contributed by atoms with Crippen LogP contribution in [-0.4, -0.2) is 27.3 Å². The van der Waals surface area contributed by atoms with E-state index in [1.807, 2.05) is 0 Å². The van der Waals surface area contributed by atoms with Gasteiger partial charge in [-0.25, -0.2) is 19.1 Å². The number of hydrogen-bond donors (Lipinski definition) is 3. The lowest BCUT2D eigenvalue weighted by Gasteiger charge is -2.10. The molecule has 0 unspecified atom stereocenters. The number of halogens is 2. The highest BCUT2D eigenvalue weighted by molar-refractivity contribution is 6.33. The van der Waals surface area contributed by atoms with E-state index in [9.17, 15) is 14.0 Å². The van der Waals surface area contributed by atoms with Crippen molar-refractivity contribution in [2.24, 2.45) is 7.05 Å². The first kappa shape index (κ1) is 16.0. The Morgan fingerprint density at radius 1 is 1.50 bits per heavy atom. The second-order valence-electron chi connectivity index (χ2n) is 4.72. The van der Waals surface area contributed by atoms with Crippen LogP contribution in [0.1, 0.15) is 11.4 Å². The summed E-state index contributed by atoms with van der Waals surface area (Å²) in [5.41, 5.74) is 0.393. The first-order valence-corrected chi connectivity index (χ1v) is 6.87. The zero-order valence-corrected chi connectivity index (χ0v) is 12.8. The Bertz CT molecular complexity index is 755. The van der Waals surface area contributed by atoms with E-state index in [0.29, 0.717) is 23.5 Å². The van der Waals surface area contributed by atoms with Gasteiger partial charge >= 0.3 is 11.7 Å². The van der Waals surface area contributed by atoms with Gasteiger partial charge in [0.2, 0.25) is 0 Å². The molecule has 2 amide bonds. The Hall–Kier alpha value is -2.35. The Kier molecular flexibility index (Phi) is 4.81. The van der Waals surface area contributed by atoms with Crippen molar-refractivity contribution in [3.63, 3.8) is 0 Å². The van der Waals surface area contributed by atoms with Crippen LogP contribution in [-0.2, 0) is 13.5 Å². The number of aromatic amines is 1. The van der Waals surface area contributed by atoms with E-state index in [0.717, 1.165) is 6.07 Å². The lowest BCUT2D eigenvalue weighted by atomic mass is 10.2. The molecule has 0 bridgehead atoms. The number of hydrogen-bond acceptors (Lipinski definition) is 3. The predicted octanol–water partition coefficient (Wildman–Crippen LogP) is 1.57. The van der Waals surface area contributed by atoms with Crippen LogP contribution in [0.25, 0.3) is 0 Å². The van der Waals surface area contributed by atoms with Gasteiger partial charge in [0.1, 0.15) is 11.6 Å². The molecule has 0 radical (unpaired) electrons. The minimum atomic E-state index is -0.478. The number of nitrogens with zero attached hydrogens (tertiary/aromatic N) is 2. The second kappa shape index (κ2) is 6.61. The fourth-order valence-electron chi connectivity index (χ4n) is 1.81. The largest absolute Gasteiger partial charge is 0.343 e. The number of aryl methyl sites for hydroxylation is 1. The quantitative estimate of drug-likeness (QED) is 0.796. The van der Waals surface area contributed by atoms with Crippen molar-refractivity contribution in [2.45, 2.75) is 13.3 Å². The number of amides is 2. The summed E-state index contributed by atoms with van der Waals surface area (Å²) in [7, 11) is 1.59. The van der Waals surface area contributed by atoms with E-state index >= 15 is 0 Å². The van der Waals surface area contributed by atoms with Gasteiger partial charge in [-0.15, -0.1) is 0 Å². The molecule has 3 N–H and O–H groups in total. The summed E-state index contributed by atoms with van der Waals surface area (Å²) in [6.07, 6.45) is 0.388. The smallest absolute Gasteiger partial charge is 0.337 e. The van der Waals surface area contributed by atoms with Crippen molar-refractivity contribution in [3.05, 3.63) is 44.8 Å². The van der Waals surface area contributed by atoms with Crippen molar-refractivity contribution >= 4 is 23.3 Å². The summed E-state index contributed by atoms with van der Waals surface area (Å²) < 4.78 is 14.6. The average molecular weight is 328 g/mol. The van der Waals surface area contributed by atoms with Crippen molar-refractivity contribution in [1.29, 1.82) is 0 Å². The molecule has 1 aromatic carbocycles. The number of rotatable bonds is 4. The maximum Gasteiger partial charge on any atom is 0.343 e. The minimum absolute atomic E-state index is 0.118. The van der Waals surface area contributed by atoms with Crippen molar-refractivity contribution in [3.8, 4) is 0 Å². The van der Waals surface area contributed by atoms with Crippen LogP contribution in [0, 0.1) is 12.7 Å². The summed E-state index contributed by atoms with van der Waals surface area (Å²) in [6.45, 7) is 1.86. The molecule has 0 aliphatic carbocycles. The molecule has 9 heteroatoms. The third-order valence-electron chi connectivity index (χ3n) is 3.10. The highest BCUT2D eigenvalue weighted by atomic mass is 35.5. The zero-order chi connectivity index (χ0) is 16.3. The van der Waals surface area contributed by atoms with Gasteiger partial charge in [0.05, 0.1) is 10.7 Å². The molecule has 22 heavy (non-hydrogen) atoms. The van der Waals surface area contributed by atoms with Gasteiger partial charge in [-0.05, 0) is 24.6 Å². The number of H-pyrrole nitrogens is 1. The lowest BCUT2D eigenvalue weighted by molar-refractivity contribution is 0.252. The van der Waals surface area contributed by atoms with E-state index in [4.69, 9.17) is 11.6 Å². The second-order valence-corrected chi connectivity index (χ2v) is 5.12. The summed E-state index contributed by atoms with van der Waals surface area (Å²) in [5, 5.41) is 11.4. The molecule has 0 fully saturated rings. The Balaban J connectivity index is 1.90. The Labute approximate surface area is 130 Å². The maximum absolute atomic E-state index is 13.3. The van der Waals surface area contributed by atoms with Crippen molar-refractivity contribution in [2.75, 3.05) is 11.9 Å². The zero-order valence-electron chi connectivity index (χ0n) is 12.0. The van der Waals surface area contributed by atoms with E-state index in [2.05, 4.69) is 20.8 Å². The van der Waals surface area contributed by atoms with E-state index in [1.54, 1.807) is 14.0 Å². The monoisotopic (exact) mass is 327 g/mol. The third kappa shape index (κ3) is 3.64. The number of carbonyl (C=O) groups excluding carboxylic acids is 1. The van der Waals surface area contributed by atoms with Crippen LogP contribution >= 0.6 is 11.6 Å². The van der Waals surface area contributed by atoms with Gasteiger partial charge in [-0.1, -0.05) is 11.6 Å². The average Bonchev–Trinajstić information content (AvgIpc) is 2.77. The van der Waals surface area contributed by atoms with E-state index < -0.39 is 11.8 Å². The van der Waals surface area contributed by atoms with Gasteiger partial charge in [0.15, 0.2) is 0 Å². The molecule has 1 aromatic heterocycles. The number of nitrogens with one attached hydrogen (secondary N) is 3. The molecule has 2 aromatic rings. The highest BCUT2D eigenvalue weighted by Gasteiger charge is 2.09. The number of benzene rings is 1. The predicted molar refractivity (Wildman–Crippen MR) is 80.7 cm³/mol. The molecule has 0 saturated carbocycles. The SMILES string of the molecule is Cc1cc(NC(=O)NCCc2n[nH]c(=O)n2C)c(Cl)cc1F. The molecule has 1 heterocycles. The van der Waals surface area contributed by atoms with Crippen LogP contribution in [0.15, 0.2) is 16.9 Å². The molecule has 7 nitrogen and oxygen atoms in total. The minimum Gasteiger partial charge on any atom is -0.337 e. The number of aromatic nitrogens is 3. The van der Waals surface area contributed by atoms with Crippen LogP contribution in [0.5, 0.6) is 0 Å². The van der Waals surface area contributed by atoms with Crippen LogP contribution in [0.2, 0.25) is 5.02 Å². The molecular weight excluding hydrogens is 313 g/mol. The molecule has 0 aliphatic heterocycles. The van der Waals surface area contributed by atoms with Crippen molar-refractivity contribution < 1.29 is 9.18 Å². The topological polar surface area (TPSA) is 91.8 Å². The highest BCUT2D eigenvalue weighted by Crippen LogP contribution is 2.24. The van der Waals surface area contributed by atoms with Gasteiger partial charge in [0.25, 0.3) is 0 Å². The molecule has 0 aliphatic rings. The third-order valence-corrected chi connectivity index (χ3v) is 3.42. The number of anilines is 1. The van der Waals surface area contributed by atoms with Gasteiger partial charge < -0.3 is 10.6 Å². The van der Waals surface area contributed by atoms with Gasteiger partial charge in [-0.2, -0.15) is 5.10 Å². The molecule has 118 valence electrons. The van der Waals surface area contributed by atoms with E-state index in [-0.39, 0.29) is 17.3 Å². The number of urea groups is 1. The van der Waals surface area contributed by atoms with Crippen LogP contribution < -0.4 is 16.3 Å². The summed E-state index contributed by atoms with van der Waals surface area (Å²) in [6, 6.07) is 2.12. The van der Waals surface area contributed by atoms with Crippen LogP contribution in [0.3, 0.4) is 0 Å². The molecule has 0 spiro atoms. The molecular formula is C13H15ClFN5O2.